The minimum atomic E-state index is -2.72. The molecule has 0 unspecified atom stereocenters. The molecule has 0 aliphatic heterocycles. The molecule has 0 saturated heterocycles. The van der Waals surface area contributed by atoms with Gasteiger partial charge in [-0.1, -0.05) is 12.2 Å². The number of rotatable bonds is 5. The molecule has 0 fully saturated rings. The summed E-state index contributed by atoms with van der Waals surface area (Å²) in [5.74, 6) is 0. The van der Waals surface area contributed by atoms with Crippen molar-refractivity contribution in [3.63, 3.8) is 0 Å². The van der Waals surface area contributed by atoms with Crippen molar-refractivity contribution in [3.8, 4) is 0 Å². The zero-order valence-electron chi connectivity index (χ0n) is 6.06. The van der Waals surface area contributed by atoms with Gasteiger partial charge >= 0.3 is 6.16 Å². The van der Waals surface area contributed by atoms with Gasteiger partial charge in [-0.05, 0) is 0 Å². The minimum absolute atomic E-state index is 0.592. The standard InChI is InChI=1S/C6H10Cl3NSi/c1-3-5-10(6-4-2)11(7,8)9/h3-4H,1-2,5-6H2. The average molecular weight is 231 g/mol. The molecule has 0 aromatic rings. The van der Waals surface area contributed by atoms with Crippen molar-refractivity contribution in [2.24, 2.45) is 0 Å². The van der Waals surface area contributed by atoms with Gasteiger partial charge in [0.2, 0.25) is 0 Å². The fraction of sp³-hybridized carbons (Fsp3) is 0.333. The first kappa shape index (κ1) is 11.5. The summed E-state index contributed by atoms with van der Waals surface area (Å²) < 4.78 is 1.75. The number of hydrogen-bond donors (Lipinski definition) is 0. The predicted octanol–water partition coefficient (Wildman–Crippen LogP) is 2.81. The third-order valence-electron chi connectivity index (χ3n) is 1.06. The summed E-state index contributed by atoms with van der Waals surface area (Å²) in [6.07, 6.45) is 0.692. The van der Waals surface area contributed by atoms with E-state index in [9.17, 15) is 0 Å². The van der Waals surface area contributed by atoms with E-state index in [1.165, 1.54) is 0 Å². The Labute approximate surface area is 82.4 Å². The molecule has 64 valence electrons. The monoisotopic (exact) mass is 229 g/mol. The highest BCUT2D eigenvalue weighted by Gasteiger charge is 2.32. The predicted molar refractivity (Wildman–Crippen MR) is 55.3 cm³/mol. The second-order valence-corrected chi connectivity index (χ2v) is 10.2. The van der Waals surface area contributed by atoms with Crippen LogP contribution in [0.2, 0.25) is 0 Å². The molecular formula is C6H10Cl3NSi. The van der Waals surface area contributed by atoms with Crippen molar-refractivity contribution in [1.82, 2.24) is 4.57 Å². The van der Waals surface area contributed by atoms with E-state index in [2.05, 4.69) is 13.2 Å². The van der Waals surface area contributed by atoms with Gasteiger partial charge in [0, 0.05) is 13.1 Å². The lowest BCUT2D eigenvalue weighted by Crippen LogP contribution is -2.40. The van der Waals surface area contributed by atoms with Crippen LogP contribution in [-0.4, -0.2) is 23.8 Å². The number of hydrogen-bond acceptors (Lipinski definition) is 1. The molecule has 11 heavy (non-hydrogen) atoms. The molecule has 0 aliphatic rings. The Bertz CT molecular complexity index is 133. The Morgan fingerprint density at radius 3 is 1.64 bits per heavy atom. The summed E-state index contributed by atoms with van der Waals surface area (Å²) >= 11 is 17.3. The number of halogens is 3. The fourth-order valence-corrected chi connectivity index (χ4v) is 2.51. The van der Waals surface area contributed by atoms with Crippen LogP contribution in [-0.2, 0) is 0 Å². The van der Waals surface area contributed by atoms with E-state index < -0.39 is 6.16 Å². The summed E-state index contributed by atoms with van der Waals surface area (Å²) in [6.45, 7) is 8.32. The van der Waals surface area contributed by atoms with Crippen molar-refractivity contribution in [2.75, 3.05) is 13.1 Å². The van der Waals surface area contributed by atoms with Crippen LogP contribution in [0, 0.1) is 0 Å². The van der Waals surface area contributed by atoms with Crippen molar-refractivity contribution < 1.29 is 0 Å². The molecule has 1 nitrogen and oxygen atoms in total. The van der Waals surface area contributed by atoms with E-state index in [1.54, 1.807) is 16.7 Å². The summed E-state index contributed by atoms with van der Waals surface area (Å²) in [6, 6.07) is 0. The van der Waals surface area contributed by atoms with Crippen LogP contribution in [0.5, 0.6) is 0 Å². The molecule has 0 bridgehead atoms. The van der Waals surface area contributed by atoms with E-state index in [0.717, 1.165) is 0 Å². The Hall–Kier alpha value is 0.527. The van der Waals surface area contributed by atoms with Gasteiger partial charge in [0.25, 0.3) is 0 Å². The quantitative estimate of drug-likeness (QED) is 0.399. The molecular weight excluding hydrogens is 221 g/mol. The molecule has 0 amide bonds. The summed E-state index contributed by atoms with van der Waals surface area (Å²) in [4.78, 5) is 0. The molecule has 0 radical (unpaired) electrons. The zero-order valence-corrected chi connectivity index (χ0v) is 9.33. The van der Waals surface area contributed by atoms with Crippen LogP contribution >= 0.6 is 33.2 Å². The lowest BCUT2D eigenvalue weighted by atomic mass is 10.5. The van der Waals surface area contributed by atoms with E-state index in [0.29, 0.717) is 13.1 Å². The maximum absolute atomic E-state index is 5.76. The van der Waals surface area contributed by atoms with Crippen LogP contribution in [0.3, 0.4) is 0 Å². The third kappa shape index (κ3) is 4.88. The molecule has 0 N–H and O–H groups in total. The van der Waals surface area contributed by atoms with Gasteiger partial charge in [-0.3, -0.25) is 4.57 Å². The average Bonchev–Trinajstić information content (AvgIpc) is 1.85. The molecule has 5 heteroatoms. The Morgan fingerprint density at radius 1 is 1.09 bits per heavy atom. The van der Waals surface area contributed by atoms with E-state index in [1.807, 2.05) is 0 Å². The highest BCUT2D eigenvalue weighted by molar-refractivity contribution is 7.63. The van der Waals surface area contributed by atoms with Crippen LogP contribution in [0.25, 0.3) is 0 Å². The third-order valence-corrected chi connectivity index (χ3v) is 4.29. The summed E-state index contributed by atoms with van der Waals surface area (Å²) in [7, 11) is 0. The van der Waals surface area contributed by atoms with Crippen LogP contribution in [0.15, 0.2) is 25.3 Å². The second-order valence-electron chi connectivity index (χ2n) is 1.95. The van der Waals surface area contributed by atoms with Crippen LogP contribution < -0.4 is 0 Å². The van der Waals surface area contributed by atoms with Gasteiger partial charge in [0.15, 0.2) is 0 Å². The van der Waals surface area contributed by atoms with Crippen molar-refractivity contribution >= 4 is 39.4 Å². The molecule has 0 aromatic carbocycles. The van der Waals surface area contributed by atoms with Crippen LogP contribution in [0.1, 0.15) is 0 Å². The minimum Gasteiger partial charge on any atom is -0.281 e. The van der Waals surface area contributed by atoms with Gasteiger partial charge in [-0.2, -0.15) is 0 Å². The molecule has 0 rings (SSSR count). The van der Waals surface area contributed by atoms with E-state index in [4.69, 9.17) is 33.2 Å². The largest absolute Gasteiger partial charge is 0.425 e. The molecule has 0 saturated carbocycles. The molecule has 0 heterocycles. The Kier molecular flexibility index (Phi) is 5.47. The highest BCUT2D eigenvalue weighted by atomic mass is 35.8. The van der Waals surface area contributed by atoms with Crippen molar-refractivity contribution in [3.05, 3.63) is 25.3 Å². The number of nitrogens with zero attached hydrogens (tertiary/aromatic N) is 1. The van der Waals surface area contributed by atoms with Gasteiger partial charge < -0.3 is 0 Å². The van der Waals surface area contributed by atoms with E-state index in [-0.39, 0.29) is 0 Å². The van der Waals surface area contributed by atoms with Gasteiger partial charge in [0.1, 0.15) is 0 Å². The molecule has 0 aliphatic carbocycles. The lowest BCUT2D eigenvalue weighted by molar-refractivity contribution is 0.545. The molecule has 0 atom stereocenters. The fourth-order valence-electron chi connectivity index (χ4n) is 0.593. The SMILES string of the molecule is C=CCN(CC=C)[Si](Cl)(Cl)Cl. The second kappa shape index (κ2) is 5.22. The van der Waals surface area contributed by atoms with Crippen molar-refractivity contribution in [1.29, 1.82) is 0 Å². The van der Waals surface area contributed by atoms with Crippen molar-refractivity contribution in [2.45, 2.75) is 0 Å². The first-order valence-electron chi connectivity index (χ1n) is 3.06. The highest BCUT2D eigenvalue weighted by Crippen LogP contribution is 2.24. The summed E-state index contributed by atoms with van der Waals surface area (Å²) in [5, 5.41) is 0. The maximum atomic E-state index is 5.76. The first-order chi connectivity index (χ1) is 5.02. The summed E-state index contributed by atoms with van der Waals surface area (Å²) in [5.41, 5.74) is 0. The molecule has 0 aromatic heterocycles. The topological polar surface area (TPSA) is 3.24 Å². The maximum Gasteiger partial charge on any atom is 0.425 e. The Balaban J connectivity index is 4.08. The Morgan fingerprint density at radius 2 is 1.45 bits per heavy atom. The van der Waals surface area contributed by atoms with Gasteiger partial charge in [-0.15, -0.1) is 46.4 Å². The normalized spacial score (nSPS) is 11.6. The molecule has 0 spiro atoms. The van der Waals surface area contributed by atoms with Gasteiger partial charge in [0.05, 0.1) is 0 Å². The first-order valence-corrected chi connectivity index (χ1v) is 8.04. The lowest BCUT2D eigenvalue weighted by Gasteiger charge is -2.24. The van der Waals surface area contributed by atoms with Crippen LogP contribution in [0.4, 0.5) is 0 Å². The van der Waals surface area contributed by atoms with E-state index >= 15 is 0 Å². The smallest absolute Gasteiger partial charge is 0.281 e. The zero-order chi connectivity index (χ0) is 8.91. The van der Waals surface area contributed by atoms with Gasteiger partial charge in [-0.25, -0.2) is 0 Å².